The molecule has 1 saturated carbocycles. The molecule has 0 amide bonds. The summed E-state index contributed by atoms with van der Waals surface area (Å²) < 4.78 is 5.74. The fourth-order valence-corrected chi connectivity index (χ4v) is 5.26. The van der Waals surface area contributed by atoms with Crippen molar-refractivity contribution in [2.24, 2.45) is 5.92 Å². The molecule has 1 saturated heterocycles. The molecule has 3 atom stereocenters. The van der Waals surface area contributed by atoms with E-state index in [1.54, 1.807) is 0 Å². The Labute approximate surface area is 132 Å². The van der Waals surface area contributed by atoms with Crippen LogP contribution >= 0.6 is 0 Å². The van der Waals surface area contributed by atoms with E-state index in [0.29, 0.717) is 18.4 Å². The third-order valence-electron chi connectivity index (χ3n) is 6.12. The number of ether oxygens (including phenoxy) is 1. The molecule has 118 valence electrons. The van der Waals surface area contributed by atoms with E-state index >= 15 is 0 Å². The Morgan fingerprint density at radius 3 is 3.14 bits per heavy atom. The molecule has 4 rings (SSSR count). The minimum absolute atomic E-state index is 0.117. The SMILES string of the molecule is CCC(=O)Oc1cccc2c1[C@@]13CCCC[C@H]1[C@@H](C2)NCC3. The Morgan fingerprint density at radius 1 is 1.36 bits per heavy atom. The van der Waals surface area contributed by atoms with Crippen LogP contribution < -0.4 is 10.1 Å². The lowest BCUT2D eigenvalue weighted by molar-refractivity contribution is -0.134. The third-order valence-corrected chi connectivity index (χ3v) is 6.12. The Bertz CT molecular complexity index is 593. The first-order valence-corrected chi connectivity index (χ1v) is 8.81. The van der Waals surface area contributed by atoms with E-state index in [4.69, 9.17) is 4.74 Å². The van der Waals surface area contributed by atoms with Gasteiger partial charge in [0.15, 0.2) is 0 Å². The van der Waals surface area contributed by atoms with Crippen LogP contribution in [0.15, 0.2) is 18.2 Å². The van der Waals surface area contributed by atoms with Gasteiger partial charge in [-0.1, -0.05) is 31.9 Å². The number of carbonyl (C=O) groups is 1. The number of fused-ring (bicyclic) bond motifs is 1. The molecule has 3 heteroatoms. The first kappa shape index (κ1) is 14.3. The van der Waals surface area contributed by atoms with Gasteiger partial charge in [0.05, 0.1) is 0 Å². The fraction of sp³-hybridized carbons (Fsp3) is 0.632. The average Bonchev–Trinajstić information content (AvgIpc) is 2.54. The monoisotopic (exact) mass is 299 g/mol. The number of rotatable bonds is 2. The van der Waals surface area contributed by atoms with E-state index in [-0.39, 0.29) is 11.4 Å². The highest BCUT2D eigenvalue weighted by Gasteiger charge is 2.52. The lowest BCUT2D eigenvalue weighted by Gasteiger charge is -2.56. The zero-order valence-corrected chi connectivity index (χ0v) is 13.4. The van der Waals surface area contributed by atoms with Crippen LogP contribution in [0.2, 0.25) is 0 Å². The zero-order chi connectivity index (χ0) is 15.2. The summed E-state index contributed by atoms with van der Waals surface area (Å²) >= 11 is 0. The highest BCUT2D eigenvalue weighted by atomic mass is 16.5. The Kier molecular flexibility index (Phi) is 3.48. The minimum Gasteiger partial charge on any atom is -0.426 e. The molecular formula is C19H25NO2. The Balaban J connectivity index is 1.84. The molecule has 2 aliphatic carbocycles. The van der Waals surface area contributed by atoms with Crippen LogP contribution in [0.3, 0.4) is 0 Å². The van der Waals surface area contributed by atoms with E-state index in [0.717, 1.165) is 18.7 Å². The lowest BCUT2D eigenvalue weighted by Crippen LogP contribution is -2.59. The van der Waals surface area contributed by atoms with Crippen molar-refractivity contribution in [2.75, 3.05) is 6.54 Å². The summed E-state index contributed by atoms with van der Waals surface area (Å²) in [6, 6.07) is 6.91. The summed E-state index contributed by atoms with van der Waals surface area (Å²) in [7, 11) is 0. The number of esters is 1. The standard InChI is InChI=1S/C19H25NO2/c1-2-17(21)22-16-8-5-6-13-12-15-14-7-3-4-9-19(14,18(13)16)10-11-20-15/h5-6,8,14-15,20H,2-4,7,9-12H2,1H3/t14-,15+,19+/m0/s1. The highest BCUT2D eigenvalue weighted by Crippen LogP contribution is 2.56. The van der Waals surface area contributed by atoms with E-state index in [1.165, 1.54) is 43.2 Å². The number of carbonyl (C=O) groups excluding carboxylic acids is 1. The molecule has 0 unspecified atom stereocenters. The van der Waals surface area contributed by atoms with Crippen molar-refractivity contribution < 1.29 is 9.53 Å². The second kappa shape index (κ2) is 5.38. The Morgan fingerprint density at radius 2 is 2.27 bits per heavy atom. The summed E-state index contributed by atoms with van der Waals surface area (Å²) in [6.07, 6.45) is 7.91. The largest absolute Gasteiger partial charge is 0.426 e. The predicted molar refractivity (Wildman–Crippen MR) is 86.1 cm³/mol. The van der Waals surface area contributed by atoms with Gasteiger partial charge >= 0.3 is 5.97 Å². The molecule has 1 aliphatic heterocycles. The first-order chi connectivity index (χ1) is 10.7. The topological polar surface area (TPSA) is 38.3 Å². The molecule has 0 radical (unpaired) electrons. The molecule has 1 aromatic carbocycles. The van der Waals surface area contributed by atoms with Gasteiger partial charge < -0.3 is 10.1 Å². The van der Waals surface area contributed by atoms with Crippen molar-refractivity contribution in [3.05, 3.63) is 29.3 Å². The van der Waals surface area contributed by atoms with Gasteiger partial charge in [-0.25, -0.2) is 0 Å². The predicted octanol–water partition coefficient (Wildman–Crippen LogP) is 3.35. The van der Waals surface area contributed by atoms with Crippen molar-refractivity contribution >= 4 is 5.97 Å². The minimum atomic E-state index is -0.117. The van der Waals surface area contributed by atoms with Gasteiger partial charge in [0.2, 0.25) is 0 Å². The number of benzene rings is 1. The third kappa shape index (κ3) is 2.02. The first-order valence-electron chi connectivity index (χ1n) is 8.81. The quantitative estimate of drug-likeness (QED) is 0.672. The maximum absolute atomic E-state index is 11.9. The van der Waals surface area contributed by atoms with E-state index < -0.39 is 0 Å². The molecule has 0 aromatic heterocycles. The van der Waals surface area contributed by atoms with Crippen molar-refractivity contribution in [2.45, 2.75) is 63.3 Å². The van der Waals surface area contributed by atoms with Gasteiger partial charge in [0.1, 0.15) is 5.75 Å². The summed E-state index contributed by atoms with van der Waals surface area (Å²) in [5, 5.41) is 3.75. The number of hydrogen-bond acceptors (Lipinski definition) is 3. The van der Waals surface area contributed by atoms with Crippen LogP contribution in [0.4, 0.5) is 0 Å². The maximum atomic E-state index is 11.9. The second-order valence-electron chi connectivity index (χ2n) is 7.14. The number of piperidine rings is 1. The van der Waals surface area contributed by atoms with E-state index in [2.05, 4.69) is 11.4 Å². The second-order valence-corrected chi connectivity index (χ2v) is 7.14. The normalized spacial score (nSPS) is 32.8. The van der Waals surface area contributed by atoms with Crippen molar-refractivity contribution in [1.82, 2.24) is 5.32 Å². The van der Waals surface area contributed by atoms with Crippen LogP contribution in [0.1, 0.15) is 56.6 Å². The molecule has 0 spiro atoms. The fourth-order valence-electron chi connectivity index (χ4n) is 5.26. The Hall–Kier alpha value is -1.35. The van der Waals surface area contributed by atoms with Gasteiger partial charge in [-0.3, -0.25) is 4.79 Å². The molecule has 2 fully saturated rings. The molecular weight excluding hydrogens is 274 g/mol. The number of hydrogen-bond donors (Lipinski definition) is 1. The molecule has 1 N–H and O–H groups in total. The van der Waals surface area contributed by atoms with E-state index in [9.17, 15) is 4.79 Å². The molecule has 1 aromatic rings. The summed E-state index contributed by atoms with van der Waals surface area (Å²) in [6.45, 7) is 2.96. The van der Waals surface area contributed by atoms with Crippen LogP contribution in [0.25, 0.3) is 0 Å². The van der Waals surface area contributed by atoms with Gasteiger partial charge in [-0.15, -0.1) is 0 Å². The molecule has 3 nitrogen and oxygen atoms in total. The molecule has 22 heavy (non-hydrogen) atoms. The van der Waals surface area contributed by atoms with Gasteiger partial charge in [0, 0.05) is 23.4 Å². The summed E-state index contributed by atoms with van der Waals surface area (Å²) in [5.74, 6) is 1.44. The smallest absolute Gasteiger partial charge is 0.310 e. The van der Waals surface area contributed by atoms with Crippen molar-refractivity contribution in [3.8, 4) is 5.75 Å². The number of nitrogens with one attached hydrogen (secondary N) is 1. The summed E-state index contributed by atoms with van der Waals surface area (Å²) in [5.41, 5.74) is 3.02. The van der Waals surface area contributed by atoms with E-state index in [1.807, 2.05) is 19.1 Å². The summed E-state index contributed by atoms with van der Waals surface area (Å²) in [4.78, 5) is 11.9. The zero-order valence-electron chi connectivity index (χ0n) is 13.4. The highest BCUT2D eigenvalue weighted by molar-refractivity contribution is 5.73. The lowest BCUT2D eigenvalue weighted by atomic mass is 9.52. The van der Waals surface area contributed by atoms with Crippen LogP contribution in [0.5, 0.6) is 5.75 Å². The maximum Gasteiger partial charge on any atom is 0.310 e. The van der Waals surface area contributed by atoms with Crippen LogP contribution in [-0.4, -0.2) is 18.6 Å². The van der Waals surface area contributed by atoms with Crippen LogP contribution in [-0.2, 0) is 16.6 Å². The van der Waals surface area contributed by atoms with Crippen molar-refractivity contribution in [3.63, 3.8) is 0 Å². The van der Waals surface area contributed by atoms with Crippen LogP contribution in [0, 0.1) is 5.92 Å². The molecule has 1 heterocycles. The van der Waals surface area contributed by atoms with Crippen molar-refractivity contribution in [1.29, 1.82) is 0 Å². The molecule has 2 bridgehead atoms. The van der Waals surface area contributed by atoms with Gasteiger partial charge in [0.25, 0.3) is 0 Å². The van der Waals surface area contributed by atoms with Gasteiger partial charge in [-0.2, -0.15) is 0 Å². The van der Waals surface area contributed by atoms with Gasteiger partial charge in [-0.05, 0) is 49.8 Å². The molecule has 3 aliphatic rings. The average molecular weight is 299 g/mol.